The molecule has 5 rings (SSSR count). The third-order valence-corrected chi connectivity index (χ3v) is 15.6. The van der Waals surface area contributed by atoms with Crippen LogP contribution in [0, 0.1) is 34.6 Å². The third-order valence-electron chi connectivity index (χ3n) is 7.60. The first kappa shape index (κ1) is 20.2. The van der Waals surface area contributed by atoms with Gasteiger partial charge in [0.05, 0.1) is 56.8 Å². The molecule has 0 heterocycles. The van der Waals surface area contributed by atoms with Crippen molar-refractivity contribution in [3.05, 3.63) is 149 Å². The number of hydrogen-bond acceptors (Lipinski definition) is 0. The van der Waals surface area contributed by atoms with Gasteiger partial charge in [0.2, 0.25) is 0 Å². The van der Waals surface area contributed by atoms with Gasteiger partial charge in [-0.3, -0.25) is 0 Å². The Balaban J connectivity index is 0.000000536. The topological polar surface area (TPSA) is 0 Å². The highest BCUT2D eigenvalue weighted by Crippen LogP contribution is 2.07. The maximum Gasteiger partial charge on any atom is 0.0775 e. The molecule has 0 fully saturated rings. The first-order valence-electron chi connectivity index (χ1n) is 32.9. The van der Waals surface area contributed by atoms with E-state index < -0.39 is 109 Å². The minimum absolute atomic E-state index is 0.00900. The summed E-state index contributed by atoms with van der Waals surface area (Å²) in [5.41, 5.74) is 2.69. The van der Waals surface area contributed by atoms with Gasteiger partial charge in [-0.1, -0.05) is 273 Å². The van der Waals surface area contributed by atoms with Crippen molar-refractivity contribution in [1.29, 1.82) is 0 Å². The van der Waals surface area contributed by atoms with Gasteiger partial charge in [-0.2, -0.15) is 0 Å². The number of hydrogen-bond donors (Lipinski definition) is 0. The molecule has 55 heavy (non-hydrogen) atoms. The van der Waals surface area contributed by atoms with Crippen LogP contribution in [0.15, 0.2) is 121 Å². The molecule has 0 saturated heterocycles. The molecule has 0 saturated carbocycles. The molecule has 0 amide bonds. The second-order valence-electron chi connectivity index (χ2n) is 16.1. The average Bonchev–Trinajstić information content (AvgIpc) is 2.90. The van der Waals surface area contributed by atoms with Gasteiger partial charge in [-0.05, 0) is 34.6 Å². The summed E-state index contributed by atoms with van der Waals surface area (Å²) in [6, 6.07) is 12.8. The van der Waals surface area contributed by atoms with Gasteiger partial charge in [0, 0.05) is 24.7 Å². The van der Waals surface area contributed by atoms with Crippen molar-refractivity contribution in [3.63, 3.8) is 0 Å². The van der Waals surface area contributed by atoms with Crippen molar-refractivity contribution in [2.24, 2.45) is 0 Å². The lowest BCUT2D eigenvalue weighted by atomic mass is 10.2. The molecular formula is C50H80Si5. The summed E-state index contributed by atoms with van der Waals surface area (Å²) in [5, 5.41) is 1.95. The first-order valence-corrected chi connectivity index (χ1v) is 32.4. The highest BCUT2D eigenvalue weighted by Gasteiger charge is 2.17. The third kappa shape index (κ3) is 20.8. The van der Waals surface area contributed by atoms with Crippen LogP contribution < -0.4 is 25.9 Å². The fraction of sp³-hybridized carbons (Fsp3) is 0.400. The lowest BCUT2D eigenvalue weighted by Gasteiger charge is -2.16. The van der Waals surface area contributed by atoms with Crippen LogP contribution in [0.2, 0.25) is 97.8 Å². The maximum absolute atomic E-state index is 7.93. The van der Waals surface area contributed by atoms with Gasteiger partial charge >= 0.3 is 0 Å². The molecule has 0 radical (unpaired) electrons. The molecule has 5 aromatic rings. The smallest absolute Gasteiger partial charge is 0.0656 e. The Morgan fingerprint density at radius 2 is 0.509 bits per heavy atom. The van der Waals surface area contributed by atoms with E-state index in [0.717, 1.165) is 17.7 Å². The van der Waals surface area contributed by atoms with E-state index in [-0.39, 0.29) is 47.0 Å². The Kier molecular flexibility index (Phi) is 7.96. The molecular weight excluding hydrogens is 741 g/mol. The molecule has 5 aromatic carbocycles. The molecule has 0 aliphatic carbocycles. The molecule has 0 nitrogen and oxygen atoms in total. The number of aryl methyl sites for hydroxylation is 1. The largest absolute Gasteiger partial charge is 0.0775 e. The van der Waals surface area contributed by atoms with Gasteiger partial charge in [0.15, 0.2) is 0 Å². The van der Waals surface area contributed by atoms with E-state index >= 15 is 0 Å². The summed E-state index contributed by atoms with van der Waals surface area (Å²) < 4.78 is 230. The van der Waals surface area contributed by atoms with Gasteiger partial charge in [0.25, 0.3) is 0 Å². The summed E-state index contributed by atoms with van der Waals surface area (Å²) in [7, 11) is -14.9. The van der Waals surface area contributed by atoms with E-state index in [1.165, 1.54) is 37.3 Å². The lowest BCUT2D eigenvalue weighted by molar-refractivity contribution is 1.48. The average molecular weight is 852 g/mol. The van der Waals surface area contributed by atoms with E-state index in [4.69, 9.17) is 41.1 Å². The van der Waals surface area contributed by atoms with Crippen LogP contribution in [0.4, 0.5) is 0 Å². The summed E-state index contributed by atoms with van der Waals surface area (Å²) in [6.45, 7) is 9.01. The Labute approximate surface area is 388 Å². The van der Waals surface area contributed by atoms with E-state index in [9.17, 15) is 0 Å². The predicted molar refractivity (Wildman–Crippen MR) is 271 cm³/mol. The Hall–Kier alpha value is -2.82. The number of rotatable bonds is 5. The van der Waals surface area contributed by atoms with Crippen molar-refractivity contribution >= 4 is 66.3 Å². The van der Waals surface area contributed by atoms with E-state index in [2.05, 4.69) is 19.6 Å². The SMILES string of the molecule is [2H]C([2H])([2H])[Si](C)(c1ccc(C)cc1)C([2H])([2H])[2H].[2H]c1c([2H])c([Si](C)(C([2H])([2H])[2H])C([2H])([2H])[2H])c([2H])c([2H])c1C.[2H]c1c([2H])c([Si](C)(C)C)c([2H])c([2H])c1C.[2H]c1cc([Si](C)(C([2H])([2H])[2H])C([2H])([2H])[2H])cc([2H])c1C.[2H]c1cc([Si](C)(C)C)cc([2H])c1C. The minimum atomic E-state index is -4.32. The van der Waals surface area contributed by atoms with Crippen molar-refractivity contribution in [3.8, 4) is 0 Å². The van der Waals surface area contributed by atoms with Crippen molar-refractivity contribution in [1.82, 2.24) is 0 Å². The standard InChI is InChI=1S/5C10H16Si/c5*1-9-5-7-10(8-6-9)11(2,3)4/h5*5-8H,1-4H3/i2D3,3D3,5D,6D,7D,8D;5D,6D,7D,8D;2D3,3D3,5D,6D;5D,6D;2D3,3D3. The zero-order chi connectivity index (χ0) is 67.9. The summed E-state index contributed by atoms with van der Waals surface area (Å²) in [4.78, 5) is 0. The monoisotopic (exact) mass is 851 g/mol. The van der Waals surface area contributed by atoms with Crippen LogP contribution in [0.3, 0.4) is 0 Å². The molecule has 0 aliphatic heterocycles. The molecule has 0 bridgehead atoms. The first-order chi connectivity index (χ1) is 37.5. The molecule has 0 unspecified atom stereocenters. The van der Waals surface area contributed by atoms with Crippen molar-refractivity contribution in [2.45, 2.75) is 132 Å². The van der Waals surface area contributed by atoms with Gasteiger partial charge in [-0.15, -0.1) is 0 Å². The zero-order valence-electron chi connectivity index (χ0n) is 65.1. The Morgan fingerprint density at radius 1 is 0.273 bits per heavy atom. The summed E-state index contributed by atoms with van der Waals surface area (Å²) >= 11 is 0. The molecule has 0 atom stereocenters. The fourth-order valence-corrected chi connectivity index (χ4v) is 7.96. The van der Waals surface area contributed by atoms with Crippen LogP contribution >= 0.6 is 0 Å². The van der Waals surface area contributed by atoms with Crippen LogP contribution in [0.1, 0.15) is 68.9 Å². The number of benzene rings is 5. The van der Waals surface area contributed by atoms with Crippen LogP contribution in [0.5, 0.6) is 0 Å². The summed E-state index contributed by atoms with van der Waals surface area (Å²) in [6.07, 6.45) is 0. The fourth-order valence-electron chi connectivity index (χ4n) is 3.89. The normalized spacial score (nSPS) is 20.9. The van der Waals surface area contributed by atoms with Crippen molar-refractivity contribution < 1.29 is 41.1 Å². The second-order valence-corrected chi connectivity index (χ2v) is 34.5. The Morgan fingerprint density at radius 3 is 0.800 bits per heavy atom. The van der Waals surface area contributed by atoms with Gasteiger partial charge < -0.3 is 0 Å². The van der Waals surface area contributed by atoms with Gasteiger partial charge in [-0.25, -0.2) is 0 Å². The maximum atomic E-state index is 7.93. The highest BCUT2D eigenvalue weighted by atomic mass is 28.3. The molecule has 0 aliphatic rings. The van der Waals surface area contributed by atoms with E-state index in [1.807, 2.05) is 45.6 Å². The second kappa shape index (κ2) is 21.6. The zero-order valence-corrected chi connectivity index (χ0v) is 40.1. The van der Waals surface area contributed by atoms with E-state index in [0.29, 0.717) is 33.6 Å². The lowest BCUT2D eigenvalue weighted by Crippen LogP contribution is -2.37. The Bertz CT molecular complexity index is 3010. The van der Waals surface area contributed by atoms with Crippen LogP contribution in [0.25, 0.3) is 0 Å². The molecule has 0 aromatic heterocycles. The quantitative estimate of drug-likeness (QED) is 0.155. The van der Waals surface area contributed by atoms with Crippen LogP contribution in [-0.2, 0) is 0 Å². The highest BCUT2D eigenvalue weighted by molar-refractivity contribution is 6.90. The van der Waals surface area contributed by atoms with E-state index in [1.54, 1.807) is 38.1 Å². The predicted octanol–water partition coefficient (Wildman–Crippen LogP) is 12.7. The molecule has 0 N–H and O–H groups in total. The summed E-state index contributed by atoms with van der Waals surface area (Å²) in [5.74, 6) is 0. The molecule has 300 valence electrons. The molecule has 0 spiro atoms. The van der Waals surface area contributed by atoms with Crippen LogP contribution in [-0.4, -0.2) is 40.4 Å². The molecule has 5 heteroatoms. The van der Waals surface area contributed by atoms with Gasteiger partial charge in [0.1, 0.15) is 0 Å². The minimum Gasteiger partial charge on any atom is -0.0656 e. The van der Waals surface area contributed by atoms with Crippen molar-refractivity contribution in [2.75, 3.05) is 0 Å².